The van der Waals surface area contributed by atoms with Crippen LogP contribution in [0.25, 0.3) is 10.9 Å². The van der Waals surface area contributed by atoms with E-state index < -0.39 is 0 Å². The van der Waals surface area contributed by atoms with Gasteiger partial charge in [-0.2, -0.15) is 0 Å². The Morgan fingerprint density at radius 3 is 2.86 bits per heavy atom. The number of amides is 1. The van der Waals surface area contributed by atoms with Crippen LogP contribution >= 0.6 is 11.6 Å². The highest BCUT2D eigenvalue weighted by molar-refractivity contribution is 6.20. The van der Waals surface area contributed by atoms with Crippen molar-refractivity contribution in [1.29, 1.82) is 0 Å². The van der Waals surface area contributed by atoms with Crippen LogP contribution in [0, 0.1) is 0 Å². The van der Waals surface area contributed by atoms with Crippen molar-refractivity contribution in [2.24, 2.45) is 0 Å². The van der Waals surface area contributed by atoms with Gasteiger partial charge < -0.3 is 5.32 Å². The van der Waals surface area contributed by atoms with Gasteiger partial charge in [-0.3, -0.25) is 14.2 Å². The summed E-state index contributed by atoms with van der Waals surface area (Å²) in [5.74, 6) is 0.573. The third kappa shape index (κ3) is 2.65. The predicted octanol–water partition coefficient (Wildman–Crippen LogP) is 1.97. The number of carbonyl (C=O) groups is 1. The molecule has 6 heteroatoms. The molecule has 2 aromatic rings. The summed E-state index contributed by atoms with van der Waals surface area (Å²) in [5, 5.41) is 3.07. The third-order valence-electron chi connectivity index (χ3n) is 3.73. The van der Waals surface area contributed by atoms with Crippen molar-refractivity contribution in [1.82, 2.24) is 14.9 Å². The molecule has 2 heterocycles. The van der Waals surface area contributed by atoms with Crippen LogP contribution in [0.15, 0.2) is 29.1 Å². The number of aromatic nitrogens is 2. The summed E-state index contributed by atoms with van der Waals surface area (Å²) in [5.41, 5.74) is 0.543. The van der Waals surface area contributed by atoms with Crippen LogP contribution in [0.3, 0.4) is 0 Å². The van der Waals surface area contributed by atoms with Crippen molar-refractivity contribution in [3.05, 3.63) is 40.4 Å². The molecule has 1 N–H and O–H groups in total. The smallest absolute Gasteiger partial charge is 0.261 e. The molecule has 0 bridgehead atoms. The van der Waals surface area contributed by atoms with Gasteiger partial charge in [-0.1, -0.05) is 12.1 Å². The lowest BCUT2D eigenvalue weighted by Gasteiger charge is -2.18. The number of nitrogens with one attached hydrogen (secondary N) is 1. The SMILES string of the molecule is CC(Cl)c1nc2ccccc2c(=O)n1CC1CCC(=O)N1. The molecule has 110 valence electrons. The van der Waals surface area contributed by atoms with E-state index in [1.54, 1.807) is 23.6 Å². The number of alkyl halides is 1. The summed E-state index contributed by atoms with van der Waals surface area (Å²) in [7, 11) is 0. The van der Waals surface area contributed by atoms with E-state index in [1.165, 1.54) is 0 Å². The molecule has 1 aromatic heterocycles. The Morgan fingerprint density at radius 1 is 1.43 bits per heavy atom. The van der Waals surface area contributed by atoms with Gasteiger partial charge in [0.1, 0.15) is 5.82 Å². The van der Waals surface area contributed by atoms with Gasteiger partial charge >= 0.3 is 0 Å². The fourth-order valence-corrected chi connectivity index (χ4v) is 2.87. The van der Waals surface area contributed by atoms with E-state index >= 15 is 0 Å². The molecule has 2 atom stereocenters. The van der Waals surface area contributed by atoms with Crippen molar-refractivity contribution in [2.75, 3.05) is 0 Å². The van der Waals surface area contributed by atoms with Crippen molar-refractivity contribution in [3.63, 3.8) is 0 Å². The number of fused-ring (bicyclic) bond motifs is 1. The van der Waals surface area contributed by atoms with Crippen molar-refractivity contribution < 1.29 is 4.79 Å². The number of benzene rings is 1. The minimum absolute atomic E-state index is 0.0299. The molecule has 1 fully saturated rings. The minimum Gasteiger partial charge on any atom is -0.352 e. The average molecular weight is 306 g/mol. The first-order valence-electron chi connectivity index (χ1n) is 6.99. The Labute approximate surface area is 126 Å². The maximum absolute atomic E-state index is 12.7. The molecule has 21 heavy (non-hydrogen) atoms. The Hall–Kier alpha value is -1.88. The number of para-hydroxylation sites is 1. The molecule has 1 aromatic carbocycles. The van der Waals surface area contributed by atoms with E-state index in [0.717, 1.165) is 6.42 Å². The summed E-state index contributed by atoms with van der Waals surface area (Å²) < 4.78 is 1.59. The Morgan fingerprint density at radius 2 is 2.19 bits per heavy atom. The van der Waals surface area contributed by atoms with Gasteiger partial charge in [-0.15, -0.1) is 11.6 Å². The van der Waals surface area contributed by atoms with E-state index in [-0.39, 0.29) is 22.9 Å². The molecule has 0 spiro atoms. The van der Waals surface area contributed by atoms with Crippen LogP contribution in [-0.2, 0) is 11.3 Å². The van der Waals surface area contributed by atoms with Gasteiger partial charge in [-0.25, -0.2) is 4.98 Å². The molecule has 1 aliphatic rings. The van der Waals surface area contributed by atoms with Gasteiger partial charge in [0.05, 0.1) is 16.3 Å². The fourth-order valence-electron chi connectivity index (χ4n) is 2.70. The van der Waals surface area contributed by atoms with Crippen LogP contribution in [0.1, 0.15) is 31.0 Å². The van der Waals surface area contributed by atoms with Crippen LogP contribution < -0.4 is 10.9 Å². The third-order valence-corrected chi connectivity index (χ3v) is 3.93. The van der Waals surface area contributed by atoms with Crippen LogP contribution in [-0.4, -0.2) is 21.5 Å². The largest absolute Gasteiger partial charge is 0.352 e. The summed E-state index contributed by atoms with van der Waals surface area (Å²) in [6.45, 7) is 2.20. The monoisotopic (exact) mass is 305 g/mol. The molecule has 3 rings (SSSR count). The lowest BCUT2D eigenvalue weighted by Crippen LogP contribution is -2.36. The molecule has 0 aliphatic carbocycles. The zero-order valence-corrected chi connectivity index (χ0v) is 12.4. The minimum atomic E-state index is -0.376. The lowest BCUT2D eigenvalue weighted by atomic mass is 10.2. The zero-order chi connectivity index (χ0) is 15.0. The fraction of sp³-hybridized carbons (Fsp3) is 0.400. The number of hydrogen-bond donors (Lipinski definition) is 1. The Kier molecular flexibility index (Phi) is 3.68. The summed E-state index contributed by atoms with van der Waals surface area (Å²) in [6, 6.07) is 7.20. The molecule has 1 aliphatic heterocycles. The maximum atomic E-state index is 12.7. The molecule has 0 saturated carbocycles. The maximum Gasteiger partial charge on any atom is 0.261 e. The highest BCUT2D eigenvalue weighted by atomic mass is 35.5. The molecule has 1 saturated heterocycles. The number of carbonyl (C=O) groups excluding carboxylic acids is 1. The molecule has 0 radical (unpaired) electrons. The van der Waals surface area contributed by atoms with E-state index in [1.807, 2.05) is 12.1 Å². The number of nitrogens with zero attached hydrogens (tertiary/aromatic N) is 2. The van der Waals surface area contributed by atoms with E-state index in [4.69, 9.17) is 11.6 Å². The first-order valence-corrected chi connectivity index (χ1v) is 7.43. The van der Waals surface area contributed by atoms with E-state index in [2.05, 4.69) is 10.3 Å². The lowest BCUT2D eigenvalue weighted by molar-refractivity contribution is -0.119. The van der Waals surface area contributed by atoms with Crippen LogP contribution in [0.2, 0.25) is 0 Å². The number of hydrogen-bond acceptors (Lipinski definition) is 3. The molecular weight excluding hydrogens is 290 g/mol. The second kappa shape index (κ2) is 5.48. The van der Waals surface area contributed by atoms with E-state index in [0.29, 0.717) is 29.7 Å². The second-order valence-corrected chi connectivity index (χ2v) is 5.98. The second-order valence-electron chi connectivity index (χ2n) is 5.32. The molecular formula is C15H16ClN3O2. The average Bonchev–Trinajstić information content (AvgIpc) is 2.87. The zero-order valence-electron chi connectivity index (χ0n) is 11.7. The van der Waals surface area contributed by atoms with Crippen LogP contribution in [0.5, 0.6) is 0 Å². The van der Waals surface area contributed by atoms with Gasteiger partial charge in [0, 0.05) is 19.0 Å². The van der Waals surface area contributed by atoms with Gasteiger partial charge in [-0.05, 0) is 25.5 Å². The highest BCUT2D eigenvalue weighted by Crippen LogP contribution is 2.20. The first kappa shape index (κ1) is 14.1. The van der Waals surface area contributed by atoms with E-state index in [9.17, 15) is 9.59 Å². The van der Waals surface area contributed by atoms with Gasteiger partial charge in [0.15, 0.2) is 0 Å². The Bertz CT molecular complexity index is 754. The number of rotatable bonds is 3. The van der Waals surface area contributed by atoms with Crippen molar-refractivity contribution in [3.8, 4) is 0 Å². The topological polar surface area (TPSA) is 64.0 Å². The molecule has 1 amide bonds. The number of halogens is 1. The van der Waals surface area contributed by atoms with Crippen LogP contribution in [0.4, 0.5) is 0 Å². The normalized spacial score (nSPS) is 19.7. The first-order chi connectivity index (χ1) is 10.1. The standard InChI is InChI=1S/C15H16ClN3O2/c1-9(16)14-18-12-5-3-2-4-11(12)15(21)19(14)8-10-6-7-13(20)17-10/h2-5,9-10H,6-8H2,1H3,(H,17,20). The van der Waals surface area contributed by atoms with Gasteiger partial charge in [0.25, 0.3) is 5.56 Å². The summed E-state index contributed by atoms with van der Waals surface area (Å²) >= 11 is 6.19. The van der Waals surface area contributed by atoms with Gasteiger partial charge in [0.2, 0.25) is 5.91 Å². The summed E-state index contributed by atoms with van der Waals surface area (Å²) in [6.07, 6.45) is 1.24. The quantitative estimate of drug-likeness (QED) is 0.882. The summed E-state index contributed by atoms with van der Waals surface area (Å²) in [4.78, 5) is 28.5. The highest BCUT2D eigenvalue weighted by Gasteiger charge is 2.24. The molecule has 2 unspecified atom stereocenters. The van der Waals surface area contributed by atoms with Crippen molar-refractivity contribution >= 4 is 28.4 Å². The molecule has 5 nitrogen and oxygen atoms in total. The Balaban J connectivity index is 2.10. The van der Waals surface area contributed by atoms with Crippen molar-refractivity contribution in [2.45, 2.75) is 37.7 Å². The predicted molar refractivity (Wildman–Crippen MR) is 81.4 cm³/mol.